The summed E-state index contributed by atoms with van der Waals surface area (Å²) in [5.41, 5.74) is 1.25. The Morgan fingerprint density at radius 3 is 2.50 bits per heavy atom. The van der Waals surface area contributed by atoms with E-state index in [2.05, 4.69) is 35.8 Å². The zero-order valence-electron chi connectivity index (χ0n) is 8.66. The summed E-state index contributed by atoms with van der Waals surface area (Å²) in [6.07, 6.45) is 1.79. The van der Waals surface area contributed by atoms with Crippen LogP contribution < -0.4 is 5.32 Å². The number of rotatable bonds is 5. The van der Waals surface area contributed by atoms with Crippen molar-refractivity contribution in [1.29, 1.82) is 0 Å². The van der Waals surface area contributed by atoms with Crippen LogP contribution >= 0.6 is 11.8 Å². The van der Waals surface area contributed by atoms with Crippen LogP contribution in [0.2, 0.25) is 0 Å². The molecule has 0 radical (unpaired) electrons. The fraction of sp³-hybridized carbons (Fsp3) is 0.455. The Labute approximate surface area is 89.7 Å². The molecule has 0 aliphatic carbocycles. The first-order chi connectivity index (χ1) is 6.72. The lowest BCUT2D eigenvalue weighted by Crippen LogP contribution is -2.23. The third-order valence-electron chi connectivity index (χ3n) is 1.93. The highest BCUT2D eigenvalue weighted by atomic mass is 32.2. The summed E-state index contributed by atoms with van der Waals surface area (Å²) in [6, 6.07) is 8.45. The van der Waals surface area contributed by atoms with Crippen molar-refractivity contribution in [2.24, 2.45) is 0 Å². The van der Waals surface area contributed by atoms with E-state index in [1.54, 1.807) is 18.7 Å². The highest BCUT2D eigenvalue weighted by Crippen LogP contribution is 2.14. The first-order valence-corrected chi connectivity index (χ1v) is 5.96. The van der Waals surface area contributed by atoms with Crippen LogP contribution in [0.1, 0.15) is 12.5 Å². The van der Waals surface area contributed by atoms with E-state index in [-0.39, 0.29) is 6.10 Å². The molecular formula is C11H17NOS. The minimum Gasteiger partial charge on any atom is -0.392 e. The van der Waals surface area contributed by atoms with E-state index in [4.69, 9.17) is 5.11 Å². The third-order valence-corrected chi connectivity index (χ3v) is 2.67. The maximum absolute atomic E-state index is 9.05. The van der Waals surface area contributed by atoms with E-state index in [1.165, 1.54) is 10.5 Å². The lowest BCUT2D eigenvalue weighted by molar-refractivity contribution is 0.191. The Morgan fingerprint density at radius 1 is 1.36 bits per heavy atom. The van der Waals surface area contributed by atoms with Gasteiger partial charge in [0.2, 0.25) is 0 Å². The summed E-state index contributed by atoms with van der Waals surface area (Å²) < 4.78 is 0. The van der Waals surface area contributed by atoms with Crippen LogP contribution in [0.15, 0.2) is 29.2 Å². The molecule has 1 aromatic carbocycles. The quantitative estimate of drug-likeness (QED) is 0.729. The molecular weight excluding hydrogens is 194 g/mol. The van der Waals surface area contributed by atoms with E-state index in [9.17, 15) is 0 Å². The van der Waals surface area contributed by atoms with Gasteiger partial charge in [-0.3, -0.25) is 0 Å². The molecule has 0 fully saturated rings. The number of thioether (sulfide) groups is 1. The van der Waals surface area contributed by atoms with Crippen LogP contribution in [0, 0.1) is 0 Å². The van der Waals surface area contributed by atoms with E-state index < -0.39 is 0 Å². The van der Waals surface area contributed by atoms with Crippen molar-refractivity contribution in [2.75, 3.05) is 12.8 Å². The van der Waals surface area contributed by atoms with Crippen LogP contribution in [0.4, 0.5) is 0 Å². The topological polar surface area (TPSA) is 32.3 Å². The van der Waals surface area contributed by atoms with Crippen LogP contribution in [0.25, 0.3) is 0 Å². The van der Waals surface area contributed by atoms with Crippen molar-refractivity contribution in [1.82, 2.24) is 5.32 Å². The van der Waals surface area contributed by atoms with Gasteiger partial charge >= 0.3 is 0 Å². The molecule has 2 N–H and O–H groups in total. The Bertz CT molecular complexity index is 258. The first-order valence-electron chi connectivity index (χ1n) is 4.74. The van der Waals surface area contributed by atoms with Crippen LogP contribution in [-0.2, 0) is 6.54 Å². The fourth-order valence-electron chi connectivity index (χ4n) is 1.17. The van der Waals surface area contributed by atoms with Gasteiger partial charge < -0.3 is 10.4 Å². The van der Waals surface area contributed by atoms with E-state index in [0.29, 0.717) is 6.54 Å². The SMILES string of the molecule is CSc1ccc(CNC[C@@H](C)O)cc1. The highest BCUT2D eigenvalue weighted by molar-refractivity contribution is 7.98. The standard InChI is InChI=1S/C11H17NOS/c1-9(13)7-12-8-10-3-5-11(14-2)6-4-10/h3-6,9,12-13H,7-8H2,1-2H3/t9-/m1/s1. The van der Waals surface area contributed by atoms with Gasteiger partial charge in [-0.2, -0.15) is 0 Å². The summed E-state index contributed by atoms with van der Waals surface area (Å²) >= 11 is 1.75. The second-order valence-corrected chi connectivity index (χ2v) is 4.21. The summed E-state index contributed by atoms with van der Waals surface area (Å²) in [7, 11) is 0. The van der Waals surface area contributed by atoms with Crippen molar-refractivity contribution in [2.45, 2.75) is 24.5 Å². The minimum atomic E-state index is -0.277. The maximum atomic E-state index is 9.05. The second kappa shape index (κ2) is 6.06. The molecule has 14 heavy (non-hydrogen) atoms. The van der Waals surface area contributed by atoms with Crippen molar-refractivity contribution in [3.63, 3.8) is 0 Å². The molecule has 1 rings (SSSR count). The molecule has 0 spiro atoms. The molecule has 0 saturated heterocycles. The minimum absolute atomic E-state index is 0.277. The number of aliphatic hydroxyl groups is 1. The maximum Gasteiger partial charge on any atom is 0.0636 e. The van der Waals surface area contributed by atoms with Gasteiger partial charge in [-0.25, -0.2) is 0 Å². The number of hydrogen-bond donors (Lipinski definition) is 2. The van der Waals surface area contributed by atoms with Gasteiger partial charge in [0.25, 0.3) is 0 Å². The molecule has 1 atom stereocenters. The molecule has 0 amide bonds. The number of hydrogen-bond acceptors (Lipinski definition) is 3. The molecule has 0 aliphatic rings. The normalized spacial score (nSPS) is 12.8. The Morgan fingerprint density at radius 2 is 2.00 bits per heavy atom. The molecule has 0 unspecified atom stereocenters. The Balaban J connectivity index is 2.36. The van der Waals surface area contributed by atoms with Crippen LogP contribution in [0.3, 0.4) is 0 Å². The van der Waals surface area contributed by atoms with Crippen molar-refractivity contribution in [3.8, 4) is 0 Å². The predicted molar refractivity (Wildman–Crippen MR) is 61.6 cm³/mol. The Kier molecular flexibility index (Phi) is 5.01. The van der Waals surface area contributed by atoms with Crippen molar-refractivity contribution in [3.05, 3.63) is 29.8 Å². The van der Waals surface area contributed by atoms with E-state index in [0.717, 1.165) is 6.54 Å². The summed E-state index contributed by atoms with van der Waals surface area (Å²) in [6.45, 7) is 3.24. The third kappa shape index (κ3) is 4.13. The van der Waals surface area contributed by atoms with Gasteiger partial charge in [-0.1, -0.05) is 12.1 Å². The molecule has 0 aliphatic heterocycles. The zero-order chi connectivity index (χ0) is 10.4. The second-order valence-electron chi connectivity index (χ2n) is 3.33. The zero-order valence-corrected chi connectivity index (χ0v) is 9.47. The van der Waals surface area contributed by atoms with Crippen molar-refractivity contribution >= 4 is 11.8 Å². The smallest absolute Gasteiger partial charge is 0.0636 e. The molecule has 2 nitrogen and oxygen atoms in total. The molecule has 3 heteroatoms. The Hall–Kier alpha value is -0.510. The van der Waals surface area contributed by atoms with Gasteiger partial charge in [-0.15, -0.1) is 11.8 Å². The number of aliphatic hydroxyl groups excluding tert-OH is 1. The molecule has 1 aromatic rings. The van der Waals surface area contributed by atoms with Gasteiger partial charge in [0.05, 0.1) is 6.10 Å². The van der Waals surface area contributed by atoms with Gasteiger partial charge in [-0.05, 0) is 30.9 Å². The van der Waals surface area contributed by atoms with Crippen LogP contribution in [0.5, 0.6) is 0 Å². The monoisotopic (exact) mass is 211 g/mol. The average Bonchev–Trinajstić information content (AvgIpc) is 2.18. The molecule has 0 bridgehead atoms. The van der Waals surface area contributed by atoms with E-state index >= 15 is 0 Å². The van der Waals surface area contributed by atoms with Gasteiger partial charge in [0.15, 0.2) is 0 Å². The largest absolute Gasteiger partial charge is 0.392 e. The molecule has 0 saturated carbocycles. The summed E-state index contributed by atoms with van der Waals surface area (Å²) in [5, 5.41) is 12.2. The van der Waals surface area contributed by atoms with E-state index in [1.807, 2.05) is 0 Å². The number of nitrogens with one attached hydrogen (secondary N) is 1. The van der Waals surface area contributed by atoms with Crippen molar-refractivity contribution < 1.29 is 5.11 Å². The number of benzene rings is 1. The lowest BCUT2D eigenvalue weighted by Gasteiger charge is -2.07. The predicted octanol–water partition coefficient (Wildman–Crippen LogP) is 1.88. The van der Waals surface area contributed by atoms with Gasteiger partial charge in [0.1, 0.15) is 0 Å². The molecule has 0 heterocycles. The highest BCUT2D eigenvalue weighted by Gasteiger charge is 1.96. The van der Waals surface area contributed by atoms with Crippen LogP contribution in [-0.4, -0.2) is 24.0 Å². The first kappa shape index (κ1) is 11.6. The lowest BCUT2D eigenvalue weighted by atomic mass is 10.2. The van der Waals surface area contributed by atoms with Gasteiger partial charge in [0, 0.05) is 18.0 Å². The summed E-state index contributed by atoms with van der Waals surface area (Å²) in [4.78, 5) is 1.28. The average molecular weight is 211 g/mol. The fourth-order valence-corrected chi connectivity index (χ4v) is 1.58. The molecule has 78 valence electrons. The summed E-state index contributed by atoms with van der Waals surface area (Å²) in [5.74, 6) is 0. The molecule has 0 aromatic heterocycles.